The summed E-state index contributed by atoms with van der Waals surface area (Å²) >= 11 is 0. The Kier molecular flexibility index (Phi) is 6.65. The van der Waals surface area contributed by atoms with Crippen LogP contribution in [0.3, 0.4) is 0 Å². The third-order valence-corrected chi connectivity index (χ3v) is 7.13. The van der Waals surface area contributed by atoms with Crippen LogP contribution in [0.5, 0.6) is 5.75 Å². The molecule has 31 heavy (non-hydrogen) atoms. The van der Waals surface area contributed by atoms with E-state index >= 15 is 0 Å². The highest BCUT2D eigenvalue weighted by Gasteiger charge is 2.38. The molecular formula is C24H32N2O4S. The highest BCUT2D eigenvalue weighted by Crippen LogP contribution is 2.40. The molecule has 1 amide bonds. The molecule has 1 aliphatic rings. The van der Waals surface area contributed by atoms with E-state index in [0.29, 0.717) is 23.9 Å². The van der Waals surface area contributed by atoms with Gasteiger partial charge in [0, 0.05) is 6.54 Å². The van der Waals surface area contributed by atoms with Crippen LogP contribution in [-0.2, 0) is 20.2 Å². The van der Waals surface area contributed by atoms with Crippen molar-refractivity contribution in [1.82, 2.24) is 5.32 Å². The SMILES string of the molecule is CC(C)CCNC(=O)[C@H]1CN(S(=O)(=O)c2ccccc2)c2cc(C(C)(C)C)ccc2O1. The Morgan fingerprint density at radius 2 is 1.84 bits per heavy atom. The molecule has 0 saturated heterocycles. The van der Waals surface area contributed by atoms with Crippen molar-refractivity contribution >= 4 is 21.6 Å². The first kappa shape index (κ1) is 23.1. The molecule has 2 aromatic carbocycles. The Balaban J connectivity index is 2.00. The minimum Gasteiger partial charge on any atom is -0.476 e. The lowest BCUT2D eigenvalue weighted by molar-refractivity contribution is -0.127. The fourth-order valence-electron chi connectivity index (χ4n) is 3.40. The number of carbonyl (C=O) groups excluding carboxylic acids is 1. The van der Waals surface area contributed by atoms with Gasteiger partial charge in [-0.2, -0.15) is 0 Å². The van der Waals surface area contributed by atoms with Crippen molar-refractivity contribution < 1.29 is 17.9 Å². The number of hydrogen-bond donors (Lipinski definition) is 1. The molecule has 0 aromatic heterocycles. The monoisotopic (exact) mass is 444 g/mol. The lowest BCUT2D eigenvalue weighted by Gasteiger charge is -2.36. The number of benzene rings is 2. The topological polar surface area (TPSA) is 75.7 Å². The van der Waals surface area contributed by atoms with Gasteiger partial charge in [0.1, 0.15) is 5.75 Å². The Labute approximate surface area is 185 Å². The molecule has 1 atom stereocenters. The van der Waals surface area contributed by atoms with Gasteiger partial charge in [0.2, 0.25) is 0 Å². The standard InChI is InChI=1S/C24H32N2O4S/c1-17(2)13-14-25-23(27)22-16-26(31(28,29)19-9-7-6-8-10-19)20-15-18(24(3,4)5)11-12-21(20)30-22/h6-12,15,17,22H,13-14,16H2,1-5H3,(H,25,27)/t22-/m1/s1. The minimum atomic E-state index is -3.86. The van der Waals surface area contributed by atoms with Crippen LogP contribution in [0.25, 0.3) is 0 Å². The maximum atomic E-state index is 13.5. The van der Waals surface area contributed by atoms with Gasteiger partial charge in [-0.25, -0.2) is 8.42 Å². The van der Waals surface area contributed by atoms with Crippen LogP contribution in [0.1, 0.15) is 46.6 Å². The number of carbonyl (C=O) groups is 1. The molecule has 3 rings (SSSR count). The van der Waals surface area contributed by atoms with E-state index < -0.39 is 16.1 Å². The Morgan fingerprint density at radius 1 is 1.16 bits per heavy atom. The van der Waals surface area contributed by atoms with Crippen molar-refractivity contribution in [3.63, 3.8) is 0 Å². The second-order valence-corrected chi connectivity index (χ2v) is 11.2. The third kappa shape index (κ3) is 5.21. The van der Waals surface area contributed by atoms with E-state index in [4.69, 9.17) is 4.74 Å². The van der Waals surface area contributed by atoms with Gasteiger partial charge in [0.15, 0.2) is 6.10 Å². The van der Waals surface area contributed by atoms with E-state index in [2.05, 4.69) is 39.9 Å². The lowest BCUT2D eigenvalue weighted by Crippen LogP contribution is -2.51. The third-order valence-electron chi connectivity index (χ3n) is 5.34. The molecule has 0 spiro atoms. The zero-order chi connectivity index (χ0) is 22.8. The molecule has 1 heterocycles. The van der Waals surface area contributed by atoms with Crippen LogP contribution >= 0.6 is 0 Å². The maximum Gasteiger partial charge on any atom is 0.264 e. The summed E-state index contributed by atoms with van der Waals surface area (Å²) < 4.78 is 34.3. The van der Waals surface area contributed by atoms with Gasteiger partial charge < -0.3 is 10.1 Å². The molecule has 0 unspecified atom stereocenters. The molecule has 2 aromatic rings. The number of fused-ring (bicyclic) bond motifs is 1. The fourth-order valence-corrected chi connectivity index (χ4v) is 4.89. The van der Waals surface area contributed by atoms with Gasteiger partial charge in [-0.1, -0.05) is 58.9 Å². The highest BCUT2D eigenvalue weighted by molar-refractivity contribution is 7.92. The summed E-state index contributed by atoms with van der Waals surface area (Å²) in [6.45, 7) is 10.8. The molecule has 1 aliphatic heterocycles. The van der Waals surface area contributed by atoms with Crippen LogP contribution in [-0.4, -0.2) is 33.5 Å². The zero-order valence-corrected chi connectivity index (χ0v) is 19.7. The van der Waals surface area contributed by atoms with Crippen LogP contribution in [0.15, 0.2) is 53.4 Å². The Morgan fingerprint density at radius 3 is 2.45 bits per heavy atom. The summed E-state index contributed by atoms with van der Waals surface area (Å²) in [5.41, 5.74) is 1.29. The molecule has 0 bridgehead atoms. The normalized spacial score (nSPS) is 16.6. The van der Waals surface area contributed by atoms with Gasteiger partial charge in [0.25, 0.3) is 15.9 Å². The number of hydrogen-bond acceptors (Lipinski definition) is 4. The first-order chi connectivity index (χ1) is 14.5. The van der Waals surface area contributed by atoms with E-state index in [1.54, 1.807) is 36.4 Å². The zero-order valence-electron chi connectivity index (χ0n) is 18.9. The van der Waals surface area contributed by atoms with E-state index in [1.807, 2.05) is 12.1 Å². The van der Waals surface area contributed by atoms with E-state index in [0.717, 1.165) is 12.0 Å². The molecule has 0 aliphatic carbocycles. The maximum absolute atomic E-state index is 13.5. The van der Waals surface area contributed by atoms with Crippen molar-refractivity contribution in [1.29, 1.82) is 0 Å². The summed E-state index contributed by atoms with van der Waals surface area (Å²) in [7, 11) is -3.86. The summed E-state index contributed by atoms with van der Waals surface area (Å²) in [6.07, 6.45) is -0.0747. The van der Waals surface area contributed by atoms with Gasteiger partial charge >= 0.3 is 0 Å². The fraction of sp³-hybridized carbons (Fsp3) is 0.458. The number of sulfonamides is 1. The second kappa shape index (κ2) is 8.91. The van der Waals surface area contributed by atoms with Crippen LogP contribution in [0.4, 0.5) is 5.69 Å². The first-order valence-corrected chi connectivity index (χ1v) is 12.1. The van der Waals surface area contributed by atoms with Crippen molar-refractivity contribution in [3.8, 4) is 5.75 Å². The summed E-state index contributed by atoms with van der Waals surface area (Å²) in [5, 5.41) is 2.88. The quantitative estimate of drug-likeness (QED) is 0.728. The summed E-state index contributed by atoms with van der Waals surface area (Å²) in [4.78, 5) is 13.0. The first-order valence-electron chi connectivity index (χ1n) is 10.7. The van der Waals surface area contributed by atoms with E-state index in [9.17, 15) is 13.2 Å². The molecule has 168 valence electrons. The van der Waals surface area contributed by atoms with E-state index in [-0.39, 0.29) is 22.8 Å². The molecule has 6 nitrogen and oxygen atoms in total. The average molecular weight is 445 g/mol. The number of rotatable bonds is 6. The van der Waals surface area contributed by atoms with Crippen LogP contribution in [0, 0.1) is 5.92 Å². The largest absolute Gasteiger partial charge is 0.476 e. The molecule has 0 saturated carbocycles. The molecule has 0 fully saturated rings. The Bertz CT molecular complexity index is 1030. The molecular weight excluding hydrogens is 412 g/mol. The number of nitrogens with one attached hydrogen (secondary N) is 1. The van der Waals surface area contributed by atoms with Gasteiger partial charge in [-0.05, 0) is 47.6 Å². The number of nitrogens with zero attached hydrogens (tertiary/aromatic N) is 1. The lowest BCUT2D eigenvalue weighted by atomic mass is 9.86. The summed E-state index contributed by atoms with van der Waals surface area (Å²) in [6, 6.07) is 13.8. The van der Waals surface area contributed by atoms with Crippen molar-refractivity contribution in [3.05, 3.63) is 54.1 Å². The second-order valence-electron chi connectivity index (χ2n) is 9.36. The van der Waals surface area contributed by atoms with Gasteiger partial charge in [0.05, 0.1) is 17.1 Å². The summed E-state index contributed by atoms with van der Waals surface area (Å²) in [5.74, 6) is 0.543. The van der Waals surface area contributed by atoms with Gasteiger partial charge in [-0.15, -0.1) is 0 Å². The smallest absolute Gasteiger partial charge is 0.264 e. The average Bonchev–Trinajstić information content (AvgIpc) is 2.72. The Hall–Kier alpha value is -2.54. The van der Waals surface area contributed by atoms with Crippen LogP contribution in [0.2, 0.25) is 0 Å². The van der Waals surface area contributed by atoms with Crippen LogP contribution < -0.4 is 14.4 Å². The molecule has 1 N–H and O–H groups in total. The van der Waals surface area contributed by atoms with Crippen molar-refractivity contribution in [2.75, 3.05) is 17.4 Å². The minimum absolute atomic E-state index is 0.0780. The number of amides is 1. The number of anilines is 1. The molecule has 7 heteroatoms. The van der Waals surface area contributed by atoms with Crippen molar-refractivity contribution in [2.24, 2.45) is 5.92 Å². The predicted molar refractivity (Wildman–Crippen MR) is 123 cm³/mol. The van der Waals surface area contributed by atoms with Crippen molar-refractivity contribution in [2.45, 2.75) is 57.5 Å². The van der Waals surface area contributed by atoms with E-state index in [1.165, 1.54) is 4.31 Å². The highest BCUT2D eigenvalue weighted by atomic mass is 32.2. The number of ether oxygens (including phenoxy) is 1. The van der Waals surface area contributed by atoms with Gasteiger partial charge in [-0.3, -0.25) is 9.10 Å². The predicted octanol–water partition coefficient (Wildman–Crippen LogP) is 4.10. The molecule has 0 radical (unpaired) electrons.